The summed E-state index contributed by atoms with van der Waals surface area (Å²) >= 11 is 0. The van der Waals surface area contributed by atoms with E-state index in [9.17, 15) is 5.11 Å². The highest BCUT2D eigenvalue weighted by Gasteiger charge is 2.15. The van der Waals surface area contributed by atoms with Crippen molar-refractivity contribution < 1.29 is 5.11 Å². The zero-order chi connectivity index (χ0) is 18.5. The first-order valence-corrected chi connectivity index (χ1v) is 8.79. The third kappa shape index (κ3) is 4.18. The van der Waals surface area contributed by atoms with Crippen LogP contribution in [0.15, 0.2) is 48.6 Å². The van der Waals surface area contributed by atoms with Crippen LogP contribution in [0.5, 0.6) is 5.75 Å². The molecule has 0 spiro atoms. The third-order valence-electron chi connectivity index (χ3n) is 4.61. The van der Waals surface area contributed by atoms with Crippen LogP contribution in [0.3, 0.4) is 0 Å². The summed E-state index contributed by atoms with van der Waals surface area (Å²) in [5.74, 6) is 0.833. The van der Waals surface area contributed by atoms with Crippen LogP contribution >= 0.6 is 0 Å². The first kappa shape index (κ1) is 17.9. The van der Waals surface area contributed by atoms with Crippen LogP contribution < -0.4 is 22.5 Å². The minimum absolute atomic E-state index is 0.108. The summed E-state index contributed by atoms with van der Waals surface area (Å²) in [5, 5.41) is 17.8. The summed E-state index contributed by atoms with van der Waals surface area (Å²) in [4.78, 5) is 0. The molecule has 2 heterocycles. The quantitative estimate of drug-likeness (QED) is 0.513. The Balaban J connectivity index is 1.82. The van der Waals surface area contributed by atoms with Gasteiger partial charge in [-0.1, -0.05) is 12.1 Å². The fraction of sp³-hybridized carbons (Fsp3) is 0.316. The Kier molecular flexibility index (Phi) is 5.48. The molecular weight excluding hydrogens is 328 g/mol. The summed E-state index contributed by atoms with van der Waals surface area (Å²) in [5.41, 5.74) is 20.2. The summed E-state index contributed by atoms with van der Waals surface area (Å²) in [7, 11) is 0. The Morgan fingerprint density at radius 2 is 2.12 bits per heavy atom. The predicted molar refractivity (Wildman–Crippen MR) is 103 cm³/mol. The number of nitrogens with two attached hydrogens (primary N) is 3. The maximum atomic E-state index is 9.97. The number of aromatic nitrogens is 2. The molecule has 138 valence electrons. The normalized spacial score (nSPS) is 17.8. The second kappa shape index (κ2) is 7.97. The topological polar surface area (TPSA) is 128 Å². The van der Waals surface area contributed by atoms with Gasteiger partial charge in [-0.25, -0.2) is 0 Å². The van der Waals surface area contributed by atoms with E-state index in [1.807, 2.05) is 10.9 Å². The van der Waals surface area contributed by atoms with E-state index in [1.165, 1.54) is 12.8 Å². The molecule has 1 fully saturated rings. The van der Waals surface area contributed by atoms with Crippen LogP contribution in [0.1, 0.15) is 24.0 Å². The summed E-state index contributed by atoms with van der Waals surface area (Å²) in [6.07, 6.45) is 7.73. The van der Waals surface area contributed by atoms with Crippen LogP contribution in [-0.2, 0) is 6.54 Å². The van der Waals surface area contributed by atoms with Crippen LogP contribution in [0, 0.1) is 5.92 Å². The Morgan fingerprint density at radius 3 is 2.81 bits per heavy atom. The van der Waals surface area contributed by atoms with Crippen molar-refractivity contribution in [3.63, 3.8) is 0 Å². The van der Waals surface area contributed by atoms with Gasteiger partial charge in [-0.2, -0.15) is 5.10 Å². The van der Waals surface area contributed by atoms with Gasteiger partial charge in [-0.15, -0.1) is 0 Å². The molecule has 0 radical (unpaired) electrons. The van der Waals surface area contributed by atoms with Crippen molar-refractivity contribution in [2.24, 2.45) is 23.1 Å². The second-order valence-electron chi connectivity index (χ2n) is 6.65. The van der Waals surface area contributed by atoms with Crippen LogP contribution in [0.25, 0.3) is 11.3 Å². The Bertz CT molecular complexity index is 813. The molecule has 7 heteroatoms. The van der Waals surface area contributed by atoms with Crippen LogP contribution in [-0.4, -0.2) is 28.0 Å². The molecule has 2 aromatic rings. The number of phenolic OH excluding ortho intramolecular Hbond substituents is 1. The zero-order valence-electron chi connectivity index (χ0n) is 14.7. The number of phenols is 1. The van der Waals surface area contributed by atoms with E-state index in [4.69, 9.17) is 17.2 Å². The first-order chi connectivity index (χ1) is 12.5. The Hall–Kier alpha value is -2.93. The number of piperidine rings is 1. The van der Waals surface area contributed by atoms with E-state index in [1.54, 1.807) is 36.5 Å². The van der Waals surface area contributed by atoms with Gasteiger partial charge in [0.05, 0.1) is 6.20 Å². The molecule has 1 aliphatic rings. The molecule has 7 nitrogen and oxygen atoms in total. The molecule has 26 heavy (non-hydrogen) atoms. The molecule has 1 aromatic heterocycles. The number of nitrogens with one attached hydrogen (secondary N) is 1. The lowest BCUT2D eigenvalue weighted by Gasteiger charge is -2.22. The molecule has 3 rings (SSSR count). The van der Waals surface area contributed by atoms with Crippen molar-refractivity contribution in [3.8, 4) is 5.75 Å². The number of aromatic hydroxyl groups is 1. The van der Waals surface area contributed by atoms with Gasteiger partial charge in [-0.3, -0.25) is 4.68 Å². The smallest absolute Gasteiger partial charge is 0.124 e. The maximum absolute atomic E-state index is 9.97. The van der Waals surface area contributed by atoms with E-state index in [2.05, 4.69) is 10.4 Å². The molecule has 0 aliphatic carbocycles. The summed E-state index contributed by atoms with van der Waals surface area (Å²) in [6.45, 7) is 2.95. The van der Waals surface area contributed by atoms with Crippen molar-refractivity contribution in [1.29, 1.82) is 0 Å². The molecule has 0 amide bonds. The SMILES string of the molecule is NC(N)=C(/C=C(\N)c1ccccc1O)c1cnn(CC2CCCNC2)c1. The minimum atomic E-state index is 0.108. The summed E-state index contributed by atoms with van der Waals surface area (Å²) in [6, 6.07) is 6.87. The van der Waals surface area contributed by atoms with E-state index < -0.39 is 0 Å². The second-order valence-corrected chi connectivity index (χ2v) is 6.65. The van der Waals surface area contributed by atoms with Gasteiger partial charge in [0.1, 0.15) is 11.6 Å². The third-order valence-corrected chi connectivity index (χ3v) is 4.61. The molecule has 1 aliphatic heterocycles. The molecule has 0 saturated carbocycles. The molecule has 1 unspecified atom stereocenters. The van der Waals surface area contributed by atoms with Gasteiger partial charge in [0, 0.05) is 35.1 Å². The highest BCUT2D eigenvalue weighted by atomic mass is 16.3. The monoisotopic (exact) mass is 354 g/mol. The van der Waals surface area contributed by atoms with Gasteiger partial charge in [0.25, 0.3) is 0 Å². The predicted octanol–water partition coefficient (Wildman–Crippen LogP) is 1.17. The van der Waals surface area contributed by atoms with Gasteiger partial charge in [0.2, 0.25) is 0 Å². The molecule has 8 N–H and O–H groups in total. The highest BCUT2D eigenvalue weighted by molar-refractivity contribution is 5.84. The van der Waals surface area contributed by atoms with Crippen LogP contribution in [0.2, 0.25) is 0 Å². The van der Waals surface area contributed by atoms with Crippen molar-refractivity contribution >= 4 is 11.3 Å². The average Bonchev–Trinajstić information content (AvgIpc) is 3.08. The number of hydrogen-bond acceptors (Lipinski definition) is 6. The highest BCUT2D eigenvalue weighted by Crippen LogP contribution is 2.25. The van der Waals surface area contributed by atoms with Gasteiger partial charge >= 0.3 is 0 Å². The van der Waals surface area contributed by atoms with Crippen molar-refractivity contribution in [2.75, 3.05) is 13.1 Å². The van der Waals surface area contributed by atoms with E-state index in [0.29, 0.717) is 22.8 Å². The van der Waals surface area contributed by atoms with Crippen molar-refractivity contribution in [3.05, 3.63) is 59.7 Å². The Morgan fingerprint density at radius 1 is 1.31 bits per heavy atom. The maximum Gasteiger partial charge on any atom is 0.124 e. The number of rotatable bonds is 5. The zero-order valence-corrected chi connectivity index (χ0v) is 14.7. The largest absolute Gasteiger partial charge is 0.507 e. The van der Waals surface area contributed by atoms with Crippen molar-refractivity contribution in [1.82, 2.24) is 15.1 Å². The molecular formula is C19H26N6O. The van der Waals surface area contributed by atoms with Crippen LogP contribution in [0.4, 0.5) is 0 Å². The molecule has 1 aromatic carbocycles. The lowest BCUT2D eigenvalue weighted by Crippen LogP contribution is -2.32. The van der Waals surface area contributed by atoms with Crippen molar-refractivity contribution in [2.45, 2.75) is 19.4 Å². The summed E-state index contributed by atoms with van der Waals surface area (Å²) < 4.78 is 1.92. The number of nitrogens with zero attached hydrogens (tertiary/aromatic N) is 2. The first-order valence-electron chi connectivity index (χ1n) is 8.79. The number of hydrogen-bond donors (Lipinski definition) is 5. The standard InChI is InChI=1S/C19H26N6O/c20-17(15-5-1-2-6-18(15)26)8-16(19(21)22)14-10-24-25(12-14)11-13-4-3-7-23-9-13/h1-2,5-6,8,10,12-13,23,26H,3-4,7,9,11,20-22H2/b17-8-. The van der Waals surface area contributed by atoms with Gasteiger partial charge < -0.3 is 27.6 Å². The Labute approximate surface area is 153 Å². The lowest BCUT2D eigenvalue weighted by molar-refractivity contribution is 0.325. The number of benzene rings is 1. The minimum Gasteiger partial charge on any atom is -0.507 e. The molecule has 1 saturated heterocycles. The van der Waals surface area contributed by atoms with E-state index in [0.717, 1.165) is 25.2 Å². The lowest BCUT2D eigenvalue weighted by atomic mass is 10.00. The van der Waals surface area contributed by atoms with E-state index in [-0.39, 0.29) is 11.6 Å². The fourth-order valence-electron chi connectivity index (χ4n) is 3.23. The molecule has 0 bridgehead atoms. The number of allylic oxidation sites excluding steroid dienone is 2. The van der Waals surface area contributed by atoms with E-state index >= 15 is 0 Å². The fourth-order valence-corrected chi connectivity index (χ4v) is 3.23. The average molecular weight is 354 g/mol. The number of para-hydroxylation sites is 1. The molecule has 1 atom stereocenters. The van der Waals surface area contributed by atoms with Gasteiger partial charge in [0.15, 0.2) is 0 Å². The van der Waals surface area contributed by atoms with Gasteiger partial charge in [-0.05, 0) is 50.1 Å².